The molecule has 0 saturated carbocycles. The normalized spacial score (nSPS) is 21.3. The number of nitrogens with one attached hydrogen (secondary N) is 1. The minimum atomic E-state index is -1.22. The standard InChI is InChI=1S/C21H18ClF2N3O3/c22-13-6-4-12(5-7-13)10-16-21(30)27-9-8-26(11-17(27)19(28)25-16)20(29)14-2-1-3-15(23)18(14)24/h1-7,16-17H,8-11H2,(H,25,28)/t16-,17+/m0/s1. The minimum absolute atomic E-state index is 0.0833. The van der Waals surface area contributed by atoms with E-state index in [0.717, 1.165) is 11.6 Å². The zero-order valence-electron chi connectivity index (χ0n) is 15.8. The van der Waals surface area contributed by atoms with E-state index in [1.165, 1.54) is 21.9 Å². The summed E-state index contributed by atoms with van der Waals surface area (Å²) in [6.07, 6.45) is 0.322. The van der Waals surface area contributed by atoms with Gasteiger partial charge in [0, 0.05) is 24.5 Å². The van der Waals surface area contributed by atoms with Crippen LogP contribution in [-0.2, 0) is 16.0 Å². The van der Waals surface area contributed by atoms with Gasteiger partial charge in [0.2, 0.25) is 11.8 Å². The lowest BCUT2D eigenvalue weighted by atomic mass is 9.98. The first-order valence-corrected chi connectivity index (χ1v) is 9.81. The molecule has 2 heterocycles. The highest BCUT2D eigenvalue weighted by molar-refractivity contribution is 6.30. The molecule has 2 aliphatic rings. The van der Waals surface area contributed by atoms with Crippen LogP contribution < -0.4 is 5.32 Å². The lowest BCUT2D eigenvalue weighted by Crippen LogP contribution is -2.70. The van der Waals surface area contributed by atoms with Crippen molar-refractivity contribution >= 4 is 29.3 Å². The van der Waals surface area contributed by atoms with Crippen molar-refractivity contribution in [2.75, 3.05) is 19.6 Å². The van der Waals surface area contributed by atoms with E-state index < -0.39 is 35.2 Å². The third-order valence-corrected chi connectivity index (χ3v) is 5.65. The largest absolute Gasteiger partial charge is 0.342 e. The Balaban J connectivity index is 1.47. The zero-order chi connectivity index (χ0) is 21.4. The number of piperazine rings is 2. The van der Waals surface area contributed by atoms with Crippen molar-refractivity contribution in [1.29, 1.82) is 0 Å². The molecule has 2 saturated heterocycles. The number of fused-ring (bicyclic) bond motifs is 1. The van der Waals surface area contributed by atoms with E-state index in [1.54, 1.807) is 24.3 Å². The molecule has 1 N–H and O–H groups in total. The molecule has 2 atom stereocenters. The van der Waals surface area contributed by atoms with Gasteiger partial charge in [0.15, 0.2) is 11.6 Å². The Hall–Kier alpha value is -3.00. The van der Waals surface area contributed by atoms with Crippen LogP contribution in [0.1, 0.15) is 15.9 Å². The SMILES string of the molecule is O=C1N[C@@H](Cc2ccc(Cl)cc2)C(=O)N2CCN(C(=O)c3cccc(F)c3F)C[C@H]12. The number of halogens is 3. The second-order valence-corrected chi connectivity index (χ2v) is 7.73. The number of rotatable bonds is 3. The highest BCUT2D eigenvalue weighted by Crippen LogP contribution is 2.21. The van der Waals surface area contributed by atoms with Crippen LogP contribution in [0.3, 0.4) is 0 Å². The Kier molecular flexibility index (Phi) is 5.42. The minimum Gasteiger partial charge on any atom is -0.342 e. The molecule has 9 heteroatoms. The molecule has 2 aliphatic heterocycles. The van der Waals surface area contributed by atoms with Gasteiger partial charge < -0.3 is 15.1 Å². The number of hydrogen-bond donors (Lipinski definition) is 1. The molecule has 0 unspecified atom stereocenters. The van der Waals surface area contributed by atoms with Gasteiger partial charge in [0.1, 0.15) is 12.1 Å². The molecule has 2 aromatic rings. The predicted octanol–water partition coefficient (Wildman–Crippen LogP) is 2.01. The van der Waals surface area contributed by atoms with Gasteiger partial charge in [-0.3, -0.25) is 14.4 Å². The second-order valence-electron chi connectivity index (χ2n) is 7.29. The quantitative estimate of drug-likeness (QED) is 0.805. The molecule has 0 aliphatic carbocycles. The summed E-state index contributed by atoms with van der Waals surface area (Å²) in [5.41, 5.74) is 0.457. The van der Waals surface area contributed by atoms with Crippen molar-refractivity contribution in [1.82, 2.24) is 15.1 Å². The first-order chi connectivity index (χ1) is 14.3. The molecule has 2 aromatic carbocycles. The predicted molar refractivity (Wildman–Crippen MR) is 105 cm³/mol. The lowest BCUT2D eigenvalue weighted by molar-refractivity contribution is -0.152. The molecule has 0 bridgehead atoms. The smallest absolute Gasteiger partial charge is 0.257 e. The summed E-state index contributed by atoms with van der Waals surface area (Å²) in [4.78, 5) is 40.9. The summed E-state index contributed by atoms with van der Waals surface area (Å²) in [6, 6.07) is 8.80. The maximum atomic E-state index is 14.0. The fourth-order valence-electron chi connectivity index (χ4n) is 3.82. The van der Waals surface area contributed by atoms with Crippen LogP contribution in [0.15, 0.2) is 42.5 Å². The molecular formula is C21H18ClF2N3O3. The van der Waals surface area contributed by atoms with Crippen LogP contribution in [0.5, 0.6) is 0 Å². The van der Waals surface area contributed by atoms with Crippen molar-refractivity contribution in [2.24, 2.45) is 0 Å². The molecule has 6 nitrogen and oxygen atoms in total. The maximum absolute atomic E-state index is 14.0. The molecule has 2 fully saturated rings. The third kappa shape index (κ3) is 3.75. The molecule has 3 amide bonds. The van der Waals surface area contributed by atoms with E-state index in [1.807, 2.05) is 0 Å². The van der Waals surface area contributed by atoms with E-state index >= 15 is 0 Å². The van der Waals surface area contributed by atoms with Gasteiger partial charge in [-0.2, -0.15) is 0 Å². The highest BCUT2D eigenvalue weighted by atomic mass is 35.5. The molecule has 4 rings (SSSR count). The Labute approximate surface area is 176 Å². The molecule has 156 valence electrons. The Morgan fingerprint density at radius 2 is 1.83 bits per heavy atom. The Morgan fingerprint density at radius 1 is 1.10 bits per heavy atom. The lowest BCUT2D eigenvalue weighted by Gasteiger charge is -2.45. The molecule has 0 spiro atoms. The molecule has 0 radical (unpaired) electrons. The average molecular weight is 434 g/mol. The zero-order valence-corrected chi connectivity index (χ0v) is 16.5. The number of nitrogens with zero attached hydrogens (tertiary/aromatic N) is 2. The van der Waals surface area contributed by atoms with E-state index in [4.69, 9.17) is 11.6 Å². The van der Waals surface area contributed by atoms with Gasteiger partial charge in [-0.25, -0.2) is 8.78 Å². The fraction of sp³-hybridized carbons (Fsp3) is 0.286. The van der Waals surface area contributed by atoms with Crippen LogP contribution in [0.2, 0.25) is 5.02 Å². The Morgan fingerprint density at radius 3 is 2.57 bits per heavy atom. The first kappa shape index (κ1) is 20.3. The van der Waals surface area contributed by atoms with Crippen LogP contribution >= 0.6 is 11.6 Å². The van der Waals surface area contributed by atoms with Gasteiger partial charge in [-0.05, 0) is 29.8 Å². The average Bonchev–Trinajstić information content (AvgIpc) is 2.74. The summed E-state index contributed by atoms with van der Waals surface area (Å²) in [5.74, 6) is -3.67. The van der Waals surface area contributed by atoms with Crippen molar-refractivity contribution in [3.8, 4) is 0 Å². The van der Waals surface area contributed by atoms with Gasteiger partial charge >= 0.3 is 0 Å². The highest BCUT2D eigenvalue weighted by Gasteiger charge is 2.44. The molecule has 0 aromatic heterocycles. The van der Waals surface area contributed by atoms with Gasteiger partial charge in [0.05, 0.1) is 12.1 Å². The van der Waals surface area contributed by atoms with E-state index in [-0.39, 0.29) is 31.4 Å². The van der Waals surface area contributed by atoms with Crippen LogP contribution in [-0.4, -0.2) is 59.2 Å². The van der Waals surface area contributed by atoms with E-state index in [0.29, 0.717) is 11.4 Å². The van der Waals surface area contributed by atoms with Crippen LogP contribution in [0, 0.1) is 11.6 Å². The number of carbonyl (C=O) groups excluding carboxylic acids is 3. The maximum Gasteiger partial charge on any atom is 0.257 e. The van der Waals surface area contributed by atoms with Crippen molar-refractivity contribution < 1.29 is 23.2 Å². The van der Waals surface area contributed by atoms with Crippen LogP contribution in [0.4, 0.5) is 8.78 Å². The summed E-state index contributed by atoms with van der Waals surface area (Å²) in [6.45, 7) is 0.175. The van der Waals surface area contributed by atoms with Gasteiger partial charge in [-0.1, -0.05) is 29.8 Å². The van der Waals surface area contributed by atoms with Crippen molar-refractivity contribution in [3.05, 3.63) is 70.2 Å². The topological polar surface area (TPSA) is 69.7 Å². The molecular weight excluding hydrogens is 416 g/mol. The Bertz CT molecular complexity index is 1020. The second kappa shape index (κ2) is 8.02. The summed E-state index contributed by atoms with van der Waals surface area (Å²) in [7, 11) is 0. The van der Waals surface area contributed by atoms with Crippen molar-refractivity contribution in [3.63, 3.8) is 0 Å². The fourth-order valence-corrected chi connectivity index (χ4v) is 3.95. The monoisotopic (exact) mass is 433 g/mol. The van der Waals surface area contributed by atoms with Crippen molar-refractivity contribution in [2.45, 2.75) is 18.5 Å². The number of carbonyl (C=O) groups is 3. The van der Waals surface area contributed by atoms with E-state index in [9.17, 15) is 23.2 Å². The summed E-state index contributed by atoms with van der Waals surface area (Å²) in [5, 5.41) is 3.29. The number of benzene rings is 2. The third-order valence-electron chi connectivity index (χ3n) is 5.40. The number of hydrogen-bond acceptors (Lipinski definition) is 3. The van der Waals surface area contributed by atoms with E-state index in [2.05, 4.69) is 5.32 Å². The summed E-state index contributed by atoms with van der Waals surface area (Å²) < 4.78 is 27.5. The summed E-state index contributed by atoms with van der Waals surface area (Å²) >= 11 is 5.88. The van der Waals surface area contributed by atoms with Gasteiger partial charge in [-0.15, -0.1) is 0 Å². The molecule has 30 heavy (non-hydrogen) atoms. The van der Waals surface area contributed by atoms with Gasteiger partial charge in [0.25, 0.3) is 5.91 Å². The number of amides is 3. The first-order valence-electron chi connectivity index (χ1n) is 9.43. The van der Waals surface area contributed by atoms with Crippen LogP contribution in [0.25, 0.3) is 0 Å².